The van der Waals surface area contributed by atoms with E-state index in [1.807, 2.05) is 6.07 Å². The third kappa shape index (κ3) is 5.24. The molecule has 0 saturated heterocycles. The van der Waals surface area contributed by atoms with Crippen LogP contribution in [0.15, 0.2) is 188 Å². The fraction of sp³-hybridized carbons (Fsp3) is 0.0213. The Hall–Kier alpha value is -6.38. The third-order valence-electron chi connectivity index (χ3n) is 9.82. The van der Waals surface area contributed by atoms with Gasteiger partial charge in [0.1, 0.15) is 0 Å². The predicted octanol–water partition coefficient (Wildman–Crippen LogP) is 12.7. The van der Waals surface area contributed by atoms with Crippen molar-refractivity contribution >= 4 is 44.0 Å². The quantitative estimate of drug-likeness (QED) is 0.178. The lowest BCUT2D eigenvalue weighted by Gasteiger charge is -2.19. The fourth-order valence-corrected chi connectivity index (χ4v) is 7.13. The zero-order valence-electron chi connectivity index (χ0n) is 27.3. The molecule has 0 fully saturated rings. The topological polar surface area (TPSA) is 8.17 Å². The van der Waals surface area contributed by atoms with E-state index < -0.39 is 0 Å². The highest BCUT2D eigenvalue weighted by Gasteiger charge is 2.15. The number of rotatable bonds is 6. The lowest BCUT2D eigenvalue weighted by Crippen LogP contribution is -2.08. The van der Waals surface area contributed by atoms with E-state index in [1.54, 1.807) is 0 Å². The van der Waals surface area contributed by atoms with Crippen LogP contribution in [0.1, 0.15) is 0 Å². The highest BCUT2D eigenvalue weighted by atomic mass is 15.1. The van der Waals surface area contributed by atoms with Crippen molar-refractivity contribution in [2.45, 2.75) is 0 Å². The molecule has 2 heteroatoms. The van der Waals surface area contributed by atoms with Crippen molar-refractivity contribution in [3.63, 3.8) is 0 Å². The van der Waals surface area contributed by atoms with Crippen molar-refractivity contribution < 1.29 is 0 Å². The van der Waals surface area contributed by atoms with Crippen LogP contribution >= 0.6 is 0 Å². The van der Waals surface area contributed by atoms with Gasteiger partial charge in [0.15, 0.2) is 0 Å². The average Bonchev–Trinajstić information content (AvgIpc) is 3.50. The van der Waals surface area contributed by atoms with Crippen LogP contribution in [-0.2, 0) is 0 Å². The molecule has 9 aromatic rings. The first-order valence-electron chi connectivity index (χ1n) is 16.8. The van der Waals surface area contributed by atoms with Gasteiger partial charge in [-0.05, 0) is 98.8 Å². The number of fused-ring (bicyclic) bond motifs is 4. The smallest absolute Gasteiger partial charge is 0.0547 e. The van der Waals surface area contributed by atoms with E-state index in [4.69, 9.17) is 0 Å². The van der Waals surface area contributed by atoms with E-state index in [2.05, 4.69) is 199 Å². The molecule has 0 radical (unpaired) electrons. The summed E-state index contributed by atoms with van der Waals surface area (Å²) in [7, 11) is 2.11. The largest absolute Gasteiger partial charge is 0.345 e. The Bertz CT molecular complexity index is 2560. The first-order valence-corrected chi connectivity index (χ1v) is 16.8. The average molecular weight is 627 g/mol. The SMILES string of the molecule is CN(c1ccccc1)c1ccc(-c2ccc(-c3ccc4c5cc6ccccc6cc5n(-c5ccc(-c6ccccc6)cc5)c4c3)cc2)cc1. The van der Waals surface area contributed by atoms with Crippen molar-refractivity contribution in [1.82, 2.24) is 4.57 Å². The number of para-hydroxylation sites is 1. The van der Waals surface area contributed by atoms with E-state index >= 15 is 0 Å². The summed E-state index contributed by atoms with van der Waals surface area (Å²) in [6.07, 6.45) is 0. The van der Waals surface area contributed by atoms with Crippen LogP contribution in [0.25, 0.3) is 71.6 Å². The van der Waals surface area contributed by atoms with E-state index in [-0.39, 0.29) is 0 Å². The van der Waals surface area contributed by atoms with Crippen molar-refractivity contribution in [3.8, 4) is 39.1 Å². The molecule has 0 saturated carbocycles. The highest BCUT2D eigenvalue weighted by molar-refractivity contribution is 6.14. The maximum Gasteiger partial charge on any atom is 0.0547 e. The van der Waals surface area contributed by atoms with Gasteiger partial charge in [0.05, 0.1) is 11.0 Å². The Kier molecular flexibility index (Phi) is 7.06. The molecule has 0 aliphatic rings. The summed E-state index contributed by atoms with van der Waals surface area (Å²) in [5.74, 6) is 0. The highest BCUT2D eigenvalue weighted by Crippen LogP contribution is 2.38. The second-order valence-electron chi connectivity index (χ2n) is 12.7. The monoisotopic (exact) mass is 626 g/mol. The number of aromatic nitrogens is 1. The van der Waals surface area contributed by atoms with Crippen molar-refractivity contribution in [1.29, 1.82) is 0 Å². The normalized spacial score (nSPS) is 11.4. The number of nitrogens with zero attached hydrogens (tertiary/aromatic N) is 2. The predicted molar refractivity (Wildman–Crippen MR) is 209 cm³/mol. The molecular weight excluding hydrogens is 593 g/mol. The Morgan fingerprint density at radius 3 is 1.45 bits per heavy atom. The van der Waals surface area contributed by atoms with Gasteiger partial charge in [-0.1, -0.05) is 133 Å². The van der Waals surface area contributed by atoms with Crippen molar-refractivity contribution in [2.24, 2.45) is 0 Å². The van der Waals surface area contributed by atoms with Crippen LogP contribution in [0.2, 0.25) is 0 Å². The number of hydrogen-bond acceptors (Lipinski definition) is 1. The Morgan fingerprint density at radius 1 is 0.347 bits per heavy atom. The molecule has 0 atom stereocenters. The molecule has 0 aliphatic carbocycles. The number of hydrogen-bond donors (Lipinski definition) is 0. The molecule has 0 N–H and O–H groups in total. The molecule has 49 heavy (non-hydrogen) atoms. The van der Waals surface area contributed by atoms with Gasteiger partial charge >= 0.3 is 0 Å². The summed E-state index contributed by atoms with van der Waals surface area (Å²) in [5.41, 5.74) is 13.2. The number of anilines is 2. The van der Waals surface area contributed by atoms with E-state index in [0.717, 1.165) is 11.4 Å². The van der Waals surface area contributed by atoms with Gasteiger partial charge in [-0.25, -0.2) is 0 Å². The molecular formula is C47H34N2. The van der Waals surface area contributed by atoms with Gasteiger partial charge < -0.3 is 9.47 Å². The van der Waals surface area contributed by atoms with E-state index in [1.165, 1.54) is 71.6 Å². The second-order valence-corrected chi connectivity index (χ2v) is 12.7. The molecule has 9 rings (SSSR count). The Balaban J connectivity index is 1.10. The third-order valence-corrected chi connectivity index (χ3v) is 9.82. The van der Waals surface area contributed by atoms with Crippen LogP contribution in [0.5, 0.6) is 0 Å². The van der Waals surface area contributed by atoms with Gasteiger partial charge in [-0.15, -0.1) is 0 Å². The Labute approximate surface area is 286 Å². The molecule has 232 valence electrons. The van der Waals surface area contributed by atoms with Crippen LogP contribution < -0.4 is 4.90 Å². The molecule has 0 aliphatic heterocycles. The van der Waals surface area contributed by atoms with Gasteiger partial charge in [-0.2, -0.15) is 0 Å². The molecule has 1 aromatic heterocycles. The van der Waals surface area contributed by atoms with Gasteiger partial charge in [0.2, 0.25) is 0 Å². The maximum atomic E-state index is 2.43. The zero-order chi connectivity index (χ0) is 32.7. The lowest BCUT2D eigenvalue weighted by molar-refractivity contribution is 1.18. The molecule has 8 aromatic carbocycles. The van der Waals surface area contributed by atoms with Crippen molar-refractivity contribution in [2.75, 3.05) is 11.9 Å². The molecule has 0 spiro atoms. The van der Waals surface area contributed by atoms with Gasteiger partial charge in [-0.3, -0.25) is 0 Å². The maximum absolute atomic E-state index is 2.43. The fourth-order valence-electron chi connectivity index (χ4n) is 7.13. The summed E-state index contributed by atoms with van der Waals surface area (Å²) in [6.45, 7) is 0. The summed E-state index contributed by atoms with van der Waals surface area (Å²) < 4.78 is 2.43. The minimum absolute atomic E-state index is 1.16. The van der Waals surface area contributed by atoms with Gasteiger partial charge in [0, 0.05) is 34.9 Å². The van der Waals surface area contributed by atoms with Crippen LogP contribution in [0.3, 0.4) is 0 Å². The lowest BCUT2D eigenvalue weighted by atomic mass is 9.99. The minimum atomic E-state index is 1.16. The van der Waals surface area contributed by atoms with E-state index in [0.29, 0.717) is 0 Å². The molecule has 0 bridgehead atoms. The zero-order valence-corrected chi connectivity index (χ0v) is 27.3. The van der Waals surface area contributed by atoms with Crippen molar-refractivity contribution in [3.05, 3.63) is 188 Å². The number of benzene rings is 8. The summed E-state index contributed by atoms with van der Waals surface area (Å²) in [4.78, 5) is 2.21. The van der Waals surface area contributed by atoms with E-state index in [9.17, 15) is 0 Å². The first kappa shape index (κ1) is 28.8. The summed E-state index contributed by atoms with van der Waals surface area (Å²) in [6, 6.07) is 68.0. The van der Waals surface area contributed by atoms with Gasteiger partial charge in [0.25, 0.3) is 0 Å². The summed E-state index contributed by atoms with van der Waals surface area (Å²) in [5, 5.41) is 5.03. The summed E-state index contributed by atoms with van der Waals surface area (Å²) >= 11 is 0. The molecule has 0 amide bonds. The second kappa shape index (κ2) is 12.0. The molecule has 1 heterocycles. The van der Waals surface area contributed by atoms with Crippen LogP contribution in [0.4, 0.5) is 11.4 Å². The Morgan fingerprint density at radius 2 is 0.796 bits per heavy atom. The minimum Gasteiger partial charge on any atom is -0.345 e. The van der Waals surface area contributed by atoms with Crippen LogP contribution in [-0.4, -0.2) is 11.6 Å². The standard InChI is InChI=1S/C47H34N2/c1-48(41-14-6-3-7-15-41)42-25-20-36(21-26-42)34-16-18-37(19-17-34)40-24-29-44-45-30-38-12-8-9-13-39(38)31-47(45)49(46(44)32-40)43-27-22-35(23-28-43)33-10-4-2-5-11-33/h2-32H,1H3. The van der Waals surface area contributed by atoms with Crippen LogP contribution in [0, 0.1) is 0 Å². The molecule has 2 nitrogen and oxygen atoms in total. The molecule has 0 unspecified atom stereocenters. The first-order chi connectivity index (χ1) is 24.2.